The van der Waals surface area contributed by atoms with Crippen molar-refractivity contribution in [3.63, 3.8) is 0 Å². The summed E-state index contributed by atoms with van der Waals surface area (Å²) >= 11 is 0. The fourth-order valence-corrected chi connectivity index (χ4v) is 1.46. The third-order valence-corrected chi connectivity index (χ3v) is 2.58. The van der Waals surface area contributed by atoms with Gasteiger partial charge in [0.1, 0.15) is 0 Å². The predicted octanol–water partition coefficient (Wildman–Crippen LogP) is 2.04. The molecule has 1 N–H and O–H groups in total. The Bertz CT molecular complexity index is 435. The van der Waals surface area contributed by atoms with Crippen molar-refractivity contribution in [2.75, 3.05) is 13.7 Å². The van der Waals surface area contributed by atoms with Crippen LogP contribution < -0.4 is 5.32 Å². The second-order valence-electron chi connectivity index (χ2n) is 4.74. The molecular formula is C14H18N2O2. The Kier molecular flexibility index (Phi) is 4.87. The normalized spacial score (nSPS) is 12.6. The quantitative estimate of drug-likeness (QED) is 0.864. The Morgan fingerprint density at radius 2 is 2.06 bits per heavy atom. The molecule has 1 atom stereocenters. The van der Waals surface area contributed by atoms with E-state index in [1.54, 1.807) is 13.8 Å². The van der Waals surface area contributed by atoms with E-state index in [-0.39, 0.29) is 5.91 Å². The van der Waals surface area contributed by atoms with Crippen LogP contribution in [0.2, 0.25) is 0 Å². The Morgan fingerprint density at radius 1 is 1.44 bits per heavy atom. The van der Waals surface area contributed by atoms with Crippen LogP contribution in [0.3, 0.4) is 0 Å². The molecule has 1 unspecified atom stereocenters. The highest BCUT2D eigenvalue weighted by atomic mass is 16.5. The van der Waals surface area contributed by atoms with E-state index in [4.69, 9.17) is 10.00 Å². The van der Waals surface area contributed by atoms with Crippen molar-refractivity contribution in [2.24, 2.45) is 5.41 Å². The summed E-state index contributed by atoms with van der Waals surface area (Å²) in [5.74, 6) is -0.230. The lowest BCUT2D eigenvalue weighted by atomic mass is 9.96. The molecular weight excluding hydrogens is 228 g/mol. The number of amides is 1. The summed E-state index contributed by atoms with van der Waals surface area (Å²) in [6, 6.07) is 11.4. The van der Waals surface area contributed by atoms with Crippen molar-refractivity contribution in [2.45, 2.75) is 20.0 Å². The lowest BCUT2D eigenvalue weighted by Gasteiger charge is -2.19. The molecule has 0 saturated carbocycles. The Morgan fingerprint density at radius 3 is 2.56 bits per heavy atom. The molecule has 0 radical (unpaired) electrons. The Hall–Kier alpha value is -1.86. The molecule has 0 aliphatic rings. The first-order valence-corrected chi connectivity index (χ1v) is 5.77. The largest absolute Gasteiger partial charge is 0.367 e. The summed E-state index contributed by atoms with van der Waals surface area (Å²) < 4.78 is 5.20. The number of rotatable bonds is 5. The summed E-state index contributed by atoms with van der Waals surface area (Å²) in [6.07, 6.45) is -0.638. The van der Waals surface area contributed by atoms with Crippen molar-refractivity contribution in [3.8, 4) is 6.07 Å². The van der Waals surface area contributed by atoms with Crippen molar-refractivity contribution in [1.82, 2.24) is 5.32 Å². The van der Waals surface area contributed by atoms with Crippen LogP contribution in [0.4, 0.5) is 0 Å². The number of nitrogens with one attached hydrogen (secondary N) is 1. The van der Waals surface area contributed by atoms with Gasteiger partial charge in [-0.2, -0.15) is 5.26 Å². The minimum Gasteiger partial charge on any atom is -0.367 e. The van der Waals surface area contributed by atoms with Crippen LogP contribution >= 0.6 is 0 Å². The fourth-order valence-electron chi connectivity index (χ4n) is 1.46. The van der Waals surface area contributed by atoms with Crippen LogP contribution in [0, 0.1) is 16.7 Å². The number of carbonyl (C=O) groups is 1. The fraction of sp³-hybridized carbons (Fsp3) is 0.429. The second-order valence-corrected chi connectivity index (χ2v) is 4.74. The first-order chi connectivity index (χ1) is 8.50. The molecule has 0 fully saturated rings. The van der Waals surface area contributed by atoms with Crippen LogP contribution in [-0.4, -0.2) is 19.6 Å². The van der Waals surface area contributed by atoms with Gasteiger partial charge in [0.05, 0.1) is 11.5 Å². The number of carbonyl (C=O) groups excluding carboxylic acids is 1. The number of benzene rings is 1. The second kappa shape index (κ2) is 6.18. The maximum absolute atomic E-state index is 12.0. The minimum atomic E-state index is -0.638. The number of nitriles is 1. The van der Waals surface area contributed by atoms with Crippen molar-refractivity contribution < 1.29 is 9.53 Å². The molecule has 0 aliphatic carbocycles. The highest BCUT2D eigenvalue weighted by Gasteiger charge is 2.23. The molecule has 0 spiro atoms. The van der Waals surface area contributed by atoms with Gasteiger partial charge in [0.15, 0.2) is 6.10 Å². The molecule has 18 heavy (non-hydrogen) atoms. The third kappa shape index (κ3) is 3.86. The molecule has 4 heteroatoms. The molecule has 4 nitrogen and oxygen atoms in total. The van der Waals surface area contributed by atoms with Crippen LogP contribution in [0.25, 0.3) is 0 Å². The molecule has 1 rings (SSSR count). The van der Waals surface area contributed by atoms with Gasteiger partial charge in [-0.1, -0.05) is 30.3 Å². The predicted molar refractivity (Wildman–Crippen MR) is 68.6 cm³/mol. The van der Waals surface area contributed by atoms with Crippen LogP contribution in [-0.2, 0) is 9.53 Å². The monoisotopic (exact) mass is 246 g/mol. The lowest BCUT2D eigenvalue weighted by molar-refractivity contribution is -0.131. The van der Waals surface area contributed by atoms with E-state index in [9.17, 15) is 4.79 Å². The molecule has 0 bridgehead atoms. The van der Waals surface area contributed by atoms with E-state index in [2.05, 4.69) is 11.4 Å². The average Bonchev–Trinajstić information content (AvgIpc) is 2.39. The Balaban J connectivity index is 2.68. The number of hydrogen-bond donors (Lipinski definition) is 1. The zero-order chi connectivity index (χ0) is 13.6. The summed E-state index contributed by atoms with van der Waals surface area (Å²) in [4.78, 5) is 12.0. The van der Waals surface area contributed by atoms with Crippen LogP contribution in [0.15, 0.2) is 30.3 Å². The maximum Gasteiger partial charge on any atom is 0.253 e. The first kappa shape index (κ1) is 14.2. The van der Waals surface area contributed by atoms with Gasteiger partial charge in [-0.05, 0) is 19.4 Å². The average molecular weight is 246 g/mol. The summed E-state index contributed by atoms with van der Waals surface area (Å²) in [5.41, 5.74) is 0.220. The van der Waals surface area contributed by atoms with Crippen molar-refractivity contribution in [3.05, 3.63) is 35.9 Å². The van der Waals surface area contributed by atoms with Gasteiger partial charge in [-0.3, -0.25) is 4.79 Å². The van der Waals surface area contributed by atoms with E-state index < -0.39 is 11.5 Å². The van der Waals surface area contributed by atoms with E-state index in [1.807, 2.05) is 30.3 Å². The minimum absolute atomic E-state index is 0.230. The number of ether oxygens (including phenoxy) is 1. The molecule has 0 aliphatic heterocycles. The summed E-state index contributed by atoms with van der Waals surface area (Å²) in [7, 11) is 1.49. The zero-order valence-electron chi connectivity index (χ0n) is 10.9. The standard InChI is InChI=1S/C14H18N2O2/c1-14(2,9-15)10-16-13(17)12(18-3)11-7-5-4-6-8-11/h4-8,12H,10H2,1-3H3,(H,16,17). The van der Waals surface area contributed by atoms with E-state index >= 15 is 0 Å². The number of nitrogens with zero attached hydrogens (tertiary/aromatic N) is 1. The Labute approximate surface area is 108 Å². The number of methoxy groups -OCH3 is 1. The van der Waals surface area contributed by atoms with Crippen LogP contribution in [0.1, 0.15) is 25.5 Å². The van der Waals surface area contributed by atoms with Gasteiger partial charge < -0.3 is 10.1 Å². The summed E-state index contributed by atoms with van der Waals surface area (Å²) in [6.45, 7) is 3.85. The smallest absolute Gasteiger partial charge is 0.253 e. The topological polar surface area (TPSA) is 62.1 Å². The highest BCUT2D eigenvalue weighted by Crippen LogP contribution is 2.17. The van der Waals surface area contributed by atoms with E-state index in [0.717, 1.165) is 5.56 Å². The third-order valence-electron chi connectivity index (χ3n) is 2.58. The van der Waals surface area contributed by atoms with Gasteiger partial charge in [-0.25, -0.2) is 0 Å². The van der Waals surface area contributed by atoms with E-state index in [1.165, 1.54) is 7.11 Å². The van der Waals surface area contributed by atoms with Gasteiger partial charge in [-0.15, -0.1) is 0 Å². The highest BCUT2D eigenvalue weighted by molar-refractivity contribution is 5.82. The molecule has 0 aromatic heterocycles. The molecule has 1 aromatic rings. The van der Waals surface area contributed by atoms with Gasteiger partial charge in [0.25, 0.3) is 5.91 Å². The summed E-state index contributed by atoms with van der Waals surface area (Å²) in [5, 5.41) is 11.6. The number of hydrogen-bond acceptors (Lipinski definition) is 3. The molecule has 0 saturated heterocycles. The van der Waals surface area contributed by atoms with Crippen molar-refractivity contribution in [1.29, 1.82) is 5.26 Å². The van der Waals surface area contributed by atoms with Gasteiger partial charge in [0, 0.05) is 13.7 Å². The molecule has 1 amide bonds. The van der Waals surface area contributed by atoms with Crippen molar-refractivity contribution >= 4 is 5.91 Å². The van der Waals surface area contributed by atoms with Gasteiger partial charge >= 0.3 is 0 Å². The lowest BCUT2D eigenvalue weighted by Crippen LogP contribution is -2.36. The first-order valence-electron chi connectivity index (χ1n) is 5.77. The van der Waals surface area contributed by atoms with E-state index in [0.29, 0.717) is 6.54 Å². The zero-order valence-corrected chi connectivity index (χ0v) is 10.9. The SMILES string of the molecule is COC(C(=O)NCC(C)(C)C#N)c1ccccc1. The molecule has 96 valence electrons. The molecule has 0 heterocycles. The van der Waals surface area contributed by atoms with Crippen LogP contribution in [0.5, 0.6) is 0 Å². The maximum atomic E-state index is 12.0. The molecule has 1 aromatic carbocycles. The van der Waals surface area contributed by atoms with Gasteiger partial charge in [0.2, 0.25) is 0 Å².